The van der Waals surface area contributed by atoms with E-state index < -0.39 is 38.1 Å². The highest BCUT2D eigenvalue weighted by Crippen LogP contribution is 2.36. The number of carbonyl (C=O) groups is 1. The molecule has 9 heteroatoms. The Labute approximate surface area is 127 Å². The predicted molar refractivity (Wildman–Crippen MR) is 74.3 cm³/mol. The van der Waals surface area contributed by atoms with Gasteiger partial charge in [0.2, 0.25) is 15.9 Å². The molecule has 0 saturated carbocycles. The molecule has 0 radical (unpaired) electrons. The number of amides is 1. The molecule has 0 bridgehead atoms. The van der Waals surface area contributed by atoms with Gasteiger partial charge in [-0.1, -0.05) is 19.1 Å². The summed E-state index contributed by atoms with van der Waals surface area (Å²) in [5, 5.41) is 0. The summed E-state index contributed by atoms with van der Waals surface area (Å²) in [6.07, 6.45) is -4.83. The van der Waals surface area contributed by atoms with E-state index in [0.29, 0.717) is 10.4 Å². The third kappa shape index (κ3) is 3.25. The summed E-state index contributed by atoms with van der Waals surface area (Å²) >= 11 is 0. The predicted octanol–water partition coefficient (Wildman–Crippen LogP) is 1.98. The van der Waals surface area contributed by atoms with Crippen LogP contribution in [0.3, 0.4) is 0 Å². The van der Waals surface area contributed by atoms with E-state index in [4.69, 9.17) is 5.73 Å². The Morgan fingerprint density at radius 2 is 1.73 bits per heavy atom. The lowest BCUT2D eigenvalue weighted by Gasteiger charge is -2.34. The van der Waals surface area contributed by atoms with Crippen LogP contribution in [0.1, 0.15) is 26.3 Å². The molecule has 0 aliphatic carbocycles. The first-order valence-electron chi connectivity index (χ1n) is 6.35. The zero-order valence-corrected chi connectivity index (χ0v) is 13.1. The molecular weight excluding hydrogens is 321 g/mol. The smallest absolute Gasteiger partial charge is 0.368 e. The fraction of sp³-hybridized carbons (Fsp3) is 0.462. The minimum absolute atomic E-state index is 0.204. The van der Waals surface area contributed by atoms with Crippen molar-refractivity contribution in [2.75, 3.05) is 6.54 Å². The van der Waals surface area contributed by atoms with Crippen LogP contribution in [0.15, 0.2) is 29.2 Å². The Hall–Kier alpha value is -1.61. The summed E-state index contributed by atoms with van der Waals surface area (Å²) in [5.74, 6) is -0.956. The minimum Gasteiger partial charge on any atom is -0.368 e. The van der Waals surface area contributed by atoms with Crippen molar-refractivity contribution in [2.45, 2.75) is 37.4 Å². The molecule has 0 fully saturated rings. The molecule has 0 saturated heterocycles. The molecule has 1 aromatic carbocycles. The molecule has 0 heterocycles. The second kappa shape index (κ2) is 5.88. The van der Waals surface area contributed by atoms with Crippen LogP contribution in [0.4, 0.5) is 13.2 Å². The van der Waals surface area contributed by atoms with Crippen LogP contribution < -0.4 is 5.73 Å². The van der Waals surface area contributed by atoms with E-state index in [-0.39, 0.29) is 6.54 Å². The molecule has 1 rings (SSSR count). The molecule has 0 aliphatic heterocycles. The number of nitrogens with zero attached hydrogens (tertiary/aromatic N) is 1. The summed E-state index contributed by atoms with van der Waals surface area (Å²) in [6, 6.07) is 3.82. The summed E-state index contributed by atoms with van der Waals surface area (Å²) in [7, 11) is -4.56. The molecule has 22 heavy (non-hydrogen) atoms. The van der Waals surface area contributed by atoms with Crippen LogP contribution in [0.25, 0.3) is 0 Å². The maximum Gasteiger partial charge on any atom is 0.417 e. The number of hydrogen-bond acceptors (Lipinski definition) is 3. The number of primary amides is 1. The van der Waals surface area contributed by atoms with Crippen LogP contribution in [-0.4, -0.2) is 30.7 Å². The Bertz CT molecular complexity index is 669. The number of halogens is 3. The van der Waals surface area contributed by atoms with Gasteiger partial charge >= 0.3 is 6.18 Å². The number of sulfonamides is 1. The molecule has 1 amide bonds. The van der Waals surface area contributed by atoms with Crippen molar-refractivity contribution < 1.29 is 26.4 Å². The van der Waals surface area contributed by atoms with Gasteiger partial charge in [0.05, 0.1) is 10.5 Å². The number of carbonyl (C=O) groups excluding carboxylic acids is 1. The summed E-state index contributed by atoms with van der Waals surface area (Å²) in [4.78, 5) is 10.6. The van der Waals surface area contributed by atoms with E-state index in [1.165, 1.54) is 26.8 Å². The van der Waals surface area contributed by atoms with Gasteiger partial charge < -0.3 is 5.73 Å². The summed E-state index contributed by atoms with van der Waals surface area (Å²) < 4.78 is 64.9. The molecule has 0 atom stereocenters. The number of rotatable bonds is 5. The van der Waals surface area contributed by atoms with Crippen LogP contribution in [0, 0.1) is 0 Å². The highest BCUT2D eigenvalue weighted by atomic mass is 32.2. The fourth-order valence-electron chi connectivity index (χ4n) is 2.03. The first kappa shape index (κ1) is 18.4. The van der Waals surface area contributed by atoms with E-state index in [1.54, 1.807) is 0 Å². The summed E-state index contributed by atoms with van der Waals surface area (Å²) in [5.41, 5.74) is 2.23. The number of alkyl halides is 3. The molecule has 124 valence electrons. The molecule has 0 spiro atoms. The Balaban J connectivity index is 3.58. The number of likely N-dealkylation sites (N-methyl/N-ethyl adjacent to an activating group) is 1. The van der Waals surface area contributed by atoms with Crippen molar-refractivity contribution in [1.29, 1.82) is 0 Å². The quantitative estimate of drug-likeness (QED) is 0.891. The van der Waals surface area contributed by atoms with Gasteiger partial charge in [-0.15, -0.1) is 0 Å². The fourth-order valence-corrected chi connectivity index (χ4v) is 4.01. The average molecular weight is 338 g/mol. The highest BCUT2D eigenvalue weighted by molar-refractivity contribution is 7.89. The number of nitrogens with two attached hydrogens (primary N) is 1. The van der Waals surface area contributed by atoms with Crippen LogP contribution in [0.5, 0.6) is 0 Å². The Morgan fingerprint density at radius 3 is 2.14 bits per heavy atom. The van der Waals surface area contributed by atoms with Crippen LogP contribution in [0.2, 0.25) is 0 Å². The molecule has 2 N–H and O–H groups in total. The molecule has 1 aromatic rings. The van der Waals surface area contributed by atoms with Crippen molar-refractivity contribution in [3.8, 4) is 0 Å². The van der Waals surface area contributed by atoms with Gasteiger partial charge in [0.1, 0.15) is 5.54 Å². The lowest BCUT2D eigenvalue weighted by Crippen LogP contribution is -2.55. The van der Waals surface area contributed by atoms with Crippen molar-refractivity contribution in [3.05, 3.63) is 29.8 Å². The molecular formula is C13H17F3N2O3S. The summed E-state index contributed by atoms with van der Waals surface area (Å²) in [6.45, 7) is 3.70. The molecule has 0 unspecified atom stereocenters. The van der Waals surface area contributed by atoms with E-state index in [2.05, 4.69) is 0 Å². The van der Waals surface area contributed by atoms with E-state index in [9.17, 15) is 26.4 Å². The normalized spacial score (nSPS) is 13.4. The SMILES string of the molecule is CCN(C(C)(C)C(N)=O)S(=O)(=O)c1ccccc1C(F)(F)F. The van der Waals surface area contributed by atoms with Crippen molar-refractivity contribution in [1.82, 2.24) is 4.31 Å². The van der Waals surface area contributed by atoms with Gasteiger partial charge in [0.25, 0.3) is 0 Å². The Kier molecular flexibility index (Phi) is 4.93. The molecule has 5 nitrogen and oxygen atoms in total. The molecule has 0 aliphatic rings. The van der Waals surface area contributed by atoms with Gasteiger partial charge in [-0.05, 0) is 26.0 Å². The van der Waals surface area contributed by atoms with Crippen LogP contribution in [-0.2, 0) is 21.0 Å². The van der Waals surface area contributed by atoms with Crippen molar-refractivity contribution in [3.63, 3.8) is 0 Å². The standard InChI is InChI=1S/C13H17F3N2O3S/c1-4-18(12(2,3)11(17)19)22(20,21)10-8-6-5-7-9(10)13(14,15)16/h5-8H,4H2,1-3H3,(H2,17,19). The van der Waals surface area contributed by atoms with E-state index in [0.717, 1.165) is 12.1 Å². The zero-order chi connectivity index (χ0) is 17.3. The topological polar surface area (TPSA) is 80.5 Å². The van der Waals surface area contributed by atoms with E-state index >= 15 is 0 Å². The van der Waals surface area contributed by atoms with Gasteiger partial charge in [0.15, 0.2) is 0 Å². The van der Waals surface area contributed by atoms with Gasteiger partial charge in [0, 0.05) is 6.54 Å². The first-order chi connectivity index (χ1) is 9.86. The van der Waals surface area contributed by atoms with Gasteiger partial charge in [-0.3, -0.25) is 4.79 Å². The second-order valence-electron chi connectivity index (χ2n) is 5.09. The van der Waals surface area contributed by atoms with Gasteiger partial charge in [-0.25, -0.2) is 8.42 Å². The van der Waals surface area contributed by atoms with Crippen molar-refractivity contribution >= 4 is 15.9 Å². The third-order valence-corrected chi connectivity index (χ3v) is 5.48. The maximum absolute atomic E-state index is 13.0. The zero-order valence-electron chi connectivity index (χ0n) is 12.3. The monoisotopic (exact) mass is 338 g/mol. The van der Waals surface area contributed by atoms with Crippen LogP contribution >= 0.6 is 0 Å². The lowest BCUT2D eigenvalue weighted by molar-refractivity contribution is -0.139. The number of hydrogen-bond donors (Lipinski definition) is 1. The average Bonchev–Trinajstić information content (AvgIpc) is 2.37. The minimum atomic E-state index is -4.83. The lowest BCUT2D eigenvalue weighted by atomic mass is 10.1. The first-order valence-corrected chi connectivity index (χ1v) is 7.79. The highest BCUT2D eigenvalue weighted by Gasteiger charge is 2.44. The second-order valence-corrected chi connectivity index (χ2v) is 6.92. The largest absolute Gasteiger partial charge is 0.417 e. The maximum atomic E-state index is 13.0. The third-order valence-electron chi connectivity index (χ3n) is 3.27. The molecule has 0 aromatic heterocycles. The Morgan fingerprint density at radius 1 is 1.23 bits per heavy atom. The van der Waals surface area contributed by atoms with Crippen molar-refractivity contribution in [2.24, 2.45) is 5.73 Å². The number of benzene rings is 1. The van der Waals surface area contributed by atoms with Gasteiger partial charge in [-0.2, -0.15) is 17.5 Å². The van der Waals surface area contributed by atoms with E-state index in [1.807, 2.05) is 0 Å².